The number of benzene rings is 1. The van der Waals surface area contributed by atoms with Gasteiger partial charge in [0.25, 0.3) is 0 Å². The van der Waals surface area contributed by atoms with Crippen molar-refractivity contribution >= 4 is 11.8 Å². The SMILES string of the molecule is [C-]#[N+]c1nc(-c2cccc(F)c2)c(C(=O)OC)cc1F. The van der Waals surface area contributed by atoms with Crippen molar-refractivity contribution in [2.45, 2.75) is 0 Å². The van der Waals surface area contributed by atoms with Crippen LogP contribution in [0, 0.1) is 18.2 Å². The molecule has 1 heterocycles. The standard InChI is InChI=1S/C14H8F2N2O2/c1-17-13-11(16)7-10(14(19)20-2)12(18-13)8-4-3-5-9(15)6-8/h3-7H,2H3. The maximum absolute atomic E-state index is 13.6. The lowest BCUT2D eigenvalue weighted by molar-refractivity contribution is 0.0600. The number of esters is 1. The molecule has 0 atom stereocenters. The number of aromatic nitrogens is 1. The van der Waals surface area contributed by atoms with Crippen LogP contribution in [0.25, 0.3) is 16.1 Å². The molecule has 0 aliphatic carbocycles. The molecule has 6 heteroatoms. The van der Waals surface area contributed by atoms with Crippen LogP contribution in [0.5, 0.6) is 0 Å². The van der Waals surface area contributed by atoms with Crippen LogP contribution in [0.3, 0.4) is 0 Å². The monoisotopic (exact) mass is 274 g/mol. The van der Waals surface area contributed by atoms with Crippen molar-refractivity contribution in [2.75, 3.05) is 7.11 Å². The second-order valence-corrected chi connectivity index (χ2v) is 3.80. The van der Waals surface area contributed by atoms with Crippen LogP contribution in [0.1, 0.15) is 10.4 Å². The van der Waals surface area contributed by atoms with E-state index in [2.05, 4.69) is 14.6 Å². The van der Waals surface area contributed by atoms with E-state index in [0.29, 0.717) is 0 Å². The Morgan fingerprint density at radius 2 is 2.10 bits per heavy atom. The highest BCUT2D eigenvalue weighted by molar-refractivity contribution is 5.96. The van der Waals surface area contributed by atoms with Crippen molar-refractivity contribution in [1.29, 1.82) is 0 Å². The van der Waals surface area contributed by atoms with Gasteiger partial charge in [0.2, 0.25) is 0 Å². The molecule has 0 saturated heterocycles. The van der Waals surface area contributed by atoms with E-state index in [-0.39, 0.29) is 16.8 Å². The number of hydrogen-bond donors (Lipinski definition) is 0. The highest BCUT2D eigenvalue weighted by Crippen LogP contribution is 2.28. The third-order valence-corrected chi connectivity index (χ3v) is 2.57. The molecule has 2 aromatic rings. The van der Waals surface area contributed by atoms with Crippen LogP contribution in [0.15, 0.2) is 30.3 Å². The van der Waals surface area contributed by atoms with Crippen molar-refractivity contribution in [2.24, 2.45) is 0 Å². The number of ether oxygens (including phenoxy) is 1. The quantitative estimate of drug-likeness (QED) is 0.623. The van der Waals surface area contributed by atoms with E-state index in [0.717, 1.165) is 19.2 Å². The summed E-state index contributed by atoms with van der Waals surface area (Å²) in [4.78, 5) is 18.3. The van der Waals surface area contributed by atoms with Gasteiger partial charge in [-0.15, -0.1) is 4.98 Å². The molecule has 0 unspecified atom stereocenters. The Morgan fingerprint density at radius 3 is 2.70 bits per heavy atom. The number of methoxy groups -OCH3 is 1. The average Bonchev–Trinajstić information content (AvgIpc) is 2.46. The molecule has 20 heavy (non-hydrogen) atoms. The number of halogens is 2. The van der Waals surface area contributed by atoms with Gasteiger partial charge < -0.3 is 9.58 Å². The molecule has 0 N–H and O–H groups in total. The van der Waals surface area contributed by atoms with Crippen molar-refractivity contribution < 1.29 is 18.3 Å². The van der Waals surface area contributed by atoms with Crippen LogP contribution in [0.4, 0.5) is 14.6 Å². The predicted octanol–water partition coefficient (Wildman–Crippen LogP) is 3.36. The lowest BCUT2D eigenvalue weighted by Crippen LogP contribution is -2.06. The molecule has 0 spiro atoms. The molecule has 2 rings (SSSR count). The summed E-state index contributed by atoms with van der Waals surface area (Å²) in [5, 5.41) is 0. The number of rotatable bonds is 2. The number of carbonyl (C=O) groups excluding carboxylic acids is 1. The fourth-order valence-corrected chi connectivity index (χ4v) is 1.68. The van der Waals surface area contributed by atoms with Gasteiger partial charge in [-0.05, 0) is 18.2 Å². The van der Waals surface area contributed by atoms with Gasteiger partial charge in [-0.3, -0.25) is 0 Å². The number of pyridine rings is 1. The molecule has 0 radical (unpaired) electrons. The minimum atomic E-state index is -0.930. The predicted molar refractivity (Wildman–Crippen MR) is 67.2 cm³/mol. The fraction of sp³-hybridized carbons (Fsp3) is 0.0714. The number of hydrogen-bond acceptors (Lipinski definition) is 3. The third-order valence-electron chi connectivity index (χ3n) is 2.57. The van der Waals surface area contributed by atoms with E-state index in [1.165, 1.54) is 18.2 Å². The van der Waals surface area contributed by atoms with E-state index in [1.54, 1.807) is 0 Å². The zero-order valence-corrected chi connectivity index (χ0v) is 10.4. The van der Waals surface area contributed by atoms with E-state index in [4.69, 9.17) is 6.57 Å². The highest BCUT2D eigenvalue weighted by Gasteiger charge is 2.22. The minimum absolute atomic E-state index is 0.00347. The molecule has 0 saturated carbocycles. The second-order valence-electron chi connectivity index (χ2n) is 3.80. The Bertz CT molecular complexity index is 724. The second kappa shape index (κ2) is 5.45. The largest absolute Gasteiger partial charge is 0.465 e. The normalized spacial score (nSPS) is 9.90. The summed E-state index contributed by atoms with van der Waals surface area (Å²) >= 11 is 0. The van der Waals surface area contributed by atoms with Gasteiger partial charge >= 0.3 is 11.8 Å². The Kier molecular flexibility index (Phi) is 3.71. The summed E-state index contributed by atoms with van der Waals surface area (Å²) in [6, 6.07) is 6.16. The number of nitrogens with zero attached hydrogens (tertiary/aromatic N) is 2. The van der Waals surface area contributed by atoms with Crippen molar-refractivity contribution in [3.63, 3.8) is 0 Å². The maximum atomic E-state index is 13.6. The van der Waals surface area contributed by atoms with Crippen molar-refractivity contribution in [1.82, 2.24) is 4.98 Å². The van der Waals surface area contributed by atoms with Crippen LogP contribution in [0.2, 0.25) is 0 Å². The summed E-state index contributed by atoms with van der Waals surface area (Å²) in [6.07, 6.45) is 0. The fourth-order valence-electron chi connectivity index (χ4n) is 1.68. The Labute approximate surface area is 113 Å². The lowest BCUT2D eigenvalue weighted by atomic mass is 10.1. The lowest BCUT2D eigenvalue weighted by Gasteiger charge is -2.05. The van der Waals surface area contributed by atoms with Gasteiger partial charge in [0.15, 0.2) is 11.5 Å². The number of carbonyl (C=O) groups is 1. The first kappa shape index (κ1) is 13.6. The molecule has 1 aromatic carbocycles. The molecule has 0 fully saturated rings. The summed E-state index contributed by atoms with van der Waals surface area (Å²) < 4.78 is 31.4. The van der Waals surface area contributed by atoms with Gasteiger partial charge in [-0.1, -0.05) is 18.7 Å². The Hall–Kier alpha value is -2.81. The first-order valence-electron chi connectivity index (χ1n) is 5.49. The minimum Gasteiger partial charge on any atom is -0.465 e. The van der Waals surface area contributed by atoms with E-state index in [1.807, 2.05) is 0 Å². The Morgan fingerprint density at radius 1 is 1.35 bits per heavy atom. The van der Waals surface area contributed by atoms with Crippen LogP contribution < -0.4 is 0 Å². The molecule has 4 nitrogen and oxygen atoms in total. The maximum Gasteiger partial charge on any atom is 0.342 e. The molecule has 0 aliphatic heterocycles. The van der Waals surface area contributed by atoms with E-state index in [9.17, 15) is 13.6 Å². The molecule has 0 amide bonds. The van der Waals surface area contributed by atoms with Crippen LogP contribution in [-0.2, 0) is 4.74 Å². The Balaban J connectivity index is 2.72. The first-order chi connectivity index (χ1) is 9.56. The van der Waals surface area contributed by atoms with Gasteiger partial charge in [0.05, 0.1) is 7.11 Å². The molecule has 0 aliphatic rings. The zero-order chi connectivity index (χ0) is 14.7. The van der Waals surface area contributed by atoms with Crippen LogP contribution >= 0.6 is 0 Å². The molecule has 0 bridgehead atoms. The van der Waals surface area contributed by atoms with Gasteiger partial charge in [-0.25, -0.2) is 13.6 Å². The summed E-state index contributed by atoms with van der Waals surface area (Å²) in [5.74, 6) is -2.77. The summed E-state index contributed by atoms with van der Waals surface area (Å²) in [6.45, 7) is 6.84. The highest BCUT2D eigenvalue weighted by atomic mass is 19.1. The van der Waals surface area contributed by atoms with Gasteiger partial charge in [-0.2, -0.15) is 0 Å². The third kappa shape index (κ3) is 2.47. The molecule has 1 aromatic heterocycles. The van der Waals surface area contributed by atoms with Crippen molar-refractivity contribution in [3.05, 3.63) is 58.9 Å². The topological polar surface area (TPSA) is 43.5 Å². The summed E-state index contributed by atoms with van der Waals surface area (Å²) in [5.41, 5.74) is 0.0991. The average molecular weight is 274 g/mol. The van der Waals surface area contributed by atoms with E-state index >= 15 is 0 Å². The zero-order valence-electron chi connectivity index (χ0n) is 10.4. The van der Waals surface area contributed by atoms with Crippen molar-refractivity contribution in [3.8, 4) is 11.3 Å². The molecular formula is C14H8F2N2O2. The molecule has 100 valence electrons. The summed E-state index contributed by atoms with van der Waals surface area (Å²) in [7, 11) is 1.14. The van der Waals surface area contributed by atoms with Crippen LogP contribution in [-0.4, -0.2) is 18.1 Å². The molecular weight excluding hydrogens is 266 g/mol. The van der Waals surface area contributed by atoms with Gasteiger partial charge in [0.1, 0.15) is 11.4 Å². The first-order valence-corrected chi connectivity index (χ1v) is 5.49. The van der Waals surface area contributed by atoms with E-state index < -0.39 is 23.4 Å². The smallest absolute Gasteiger partial charge is 0.342 e. The van der Waals surface area contributed by atoms with Gasteiger partial charge in [0, 0.05) is 5.56 Å².